The van der Waals surface area contributed by atoms with Gasteiger partial charge in [-0.05, 0) is 37.5 Å². The standard InChI is InChI=1S/C16H22N4O/c1-11(2)20-10-15(9-19-20)16(21)18-8-14-5-4-13(7-17)6-12(14)3/h4-6,9-11H,7-8,17H2,1-3H3,(H,18,21). The number of hydrogen-bond donors (Lipinski definition) is 2. The van der Waals surface area contributed by atoms with E-state index in [-0.39, 0.29) is 11.9 Å². The molecule has 0 unspecified atom stereocenters. The maximum atomic E-state index is 12.1. The van der Waals surface area contributed by atoms with Crippen molar-refractivity contribution in [3.63, 3.8) is 0 Å². The van der Waals surface area contributed by atoms with Crippen LogP contribution >= 0.6 is 0 Å². The van der Waals surface area contributed by atoms with Gasteiger partial charge in [-0.25, -0.2) is 0 Å². The lowest BCUT2D eigenvalue weighted by atomic mass is 10.1. The van der Waals surface area contributed by atoms with Crippen LogP contribution in [-0.4, -0.2) is 15.7 Å². The smallest absolute Gasteiger partial charge is 0.254 e. The molecule has 5 heteroatoms. The Kier molecular flexibility index (Phi) is 4.75. The molecule has 0 fully saturated rings. The summed E-state index contributed by atoms with van der Waals surface area (Å²) < 4.78 is 1.77. The molecule has 5 nitrogen and oxygen atoms in total. The van der Waals surface area contributed by atoms with Gasteiger partial charge in [0.2, 0.25) is 0 Å². The molecule has 0 spiro atoms. The van der Waals surface area contributed by atoms with Gasteiger partial charge < -0.3 is 11.1 Å². The van der Waals surface area contributed by atoms with Crippen molar-refractivity contribution >= 4 is 5.91 Å². The third-order valence-corrected chi connectivity index (χ3v) is 3.47. The van der Waals surface area contributed by atoms with Crippen molar-refractivity contribution in [2.24, 2.45) is 5.73 Å². The number of nitrogens with zero attached hydrogens (tertiary/aromatic N) is 2. The first kappa shape index (κ1) is 15.3. The minimum absolute atomic E-state index is 0.107. The third-order valence-electron chi connectivity index (χ3n) is 3.47. The van der Waals surface area contributed by atoms with E-state index in [9.17, 15) is 4.79 Å². The molecule has 0 bridgehead atoms. The Morgan fingerprint density at radius 3 is 2.76 bits per heavy atom. The van der Waals surface area contributed by atoms with Crippen molar-refractivity contribution in [2.45, 2.75) is 39.9 Å². The van der Waals surface area contributed by atoms with Crippen LogP contribution in [0, 0.1) is 6.92 Å². The molecule has 1 amide bonds. The van der Waals surface area contributed by atoms with E-state index in [4.69, 9.17) is 5.73 Å². The number of amides is 1. The van der Waals surface area contributed by atoms with Gasteiger partial charge in [0, 0.05) is 25.3 Å². The second kappa shape index (κ2) is 6.54. The lowest BCUT2D eigenvalue weighted by Gasteiger charge is -2.09. The predicted octanol–water partition coefficient (Wildman–Crippen LogP) is 2.16. The summed E-state index contributed by atoms with van der Waals surface area (Å²) in [5.41, 5.74) is 9.53. The summed E-state index contributed by atoms with van der Waals surface area (Å²) in [6.45, 7) is 7.11. The quantitative estimate of drug-likeness (QED) is 0.884. The lowest BCUT2D eigenvalue weighted by molar-refractivity contribution is 0.0951. The maximum Gasteiger partial charge on any atom is 0.254 e. The number of hydrogen-bond acceptors (Lipinski definition) is 3. The highest BCUT2D eigenvalue weighted by Crippen LogP contribution is 2.11. The van der Waals surface area contributed by atoms with E-state index in [2.05, 4.69) is 16.5 Å². The summed E-state index contributed by atoms with van der Waals surface area (Å²) in [6.07, 6.45) is 3.37. The SMILES string of the molecule is Cc1cc(CN)ccc1CNC(=O)c1cnn(C(C)C)c1. The number of carbonyl (C=O) groups excluding carboxylic acids is 1. The Labute approximate surface area is 125 Å². The average Bonchev–Trinajstić information content (AvgIpc) is 2.95. The van der Waals surface area contributed by atoms with Crippen LogP contribution in [0.25, 0.3) is 0 Å². The highest BCUT2D eigenvalue weighted by Gasteiger charge is 2.10. The van der Waals surface area contributed by atoms with Crippen molar-refractivity contribution in [3.05, 3.63) is 52.8 Å². The van der Waals surface area contributed by atoms with Crippen LogP contribution < -0.4 is 11.1 Å². The Hall–Kier alpha value is -2.14. The molecule has 1 heterocycles. The second-order valence-corrected chi connectivity index (χ2v) is 5.45. The van der Waals surface area contributed by atoms with Crippen LogP contribution in [0.2, 0.25) is 0 Å². The van der Waals surface area contributed by atoms with E-state index in [0.29, 0.717) is 18.7 Å². The first-order valence-corrected chi connectivity index (χ1v) is 7.12. The minimum Gasteiger partial charge on any atom is -0.348 e. The molecule has 0 aliphatic rings. The zero-order chi connectivity index (χ0) is 15.4. The molecular formula is C16H22N4O. The monoisotopic (exact) mass is 286 g/mol. The number of aromatic nitrogens is 2. The zero-order valence-electron chi connectivity index (χ0n) is 12.8. The molecule has 112 valence electrons. The van der Waals surface area contributed by atoms with E-state index >= 15 is 0 Å². The topological polar surface area (TPSA) is 72.9 Å². The van der Waals surface area contributed by atoms with Gasteiger partial charge in [0.25, 0.3) is 5.91 Å². The van der Waals surface area contributed by atoms with E-state index in [1.165, 1.54) is 0 Å². The molecule has 2 aromatic rings. The number of carbonyl (C=O) groups is 1. The van der Waals surface area contributed by atoms with Crippen LogP contribution in [0.5, 0.6) is 0 Å². The molecule has 0 atom stereocenters. The first-order valence-electron chi connectivity index (χ1n) is 7.12. The van der Waals surface area contributed by atoms with Gasteiger partial charge in [0.1, 0.15) is 0 Å². The Bertz CT molecular complexity index is 631. The number of nitrogens with two attached hydrogens (primary N) is 1. The van der Waals surface area contributed by atoms with Crippen LogP contribution in [0.1, 0.15) is 46.9 Å². The van der Waals surface area contributed by atoms with Gasteiger partial charge in [-0.3, -0.25) is 9.48 Å². The Morgan fingerprint density at radius 2 is 2.19 bits per heavy atom. The molecule has 0 saturated carbocycles. The highest BCUT2D eigenvalue weighted by molar-refractivity contribution is 5.93. The highest BCUT2D eigenvalue weighted by atomic mass is 16.1. The zero-order valence-corrected chi connectivity index (χ0v) is 12.8. The number of rotatable bonds is 5. The van der Waals surface area contributed by atoms with Gasteiger partial charge >= 0.3 is 0 Å². The summed E-state index contributed by atoms with van der Waals surface area (Å²) in [4.78, 5) is 12.1. The van der Waals surface area contributed by atoms with E-state index < -0.39 is 0 Å². The molecule has 0 radical (unpaired) electrons. The summed E-state index contributed by atoms with van der Waals surface area (Å²) >= 11 is 0. The fourth-order valence-electron chi connectivity index (χ4n) is 2.10. The normalized spacial score (nSPS) is 10.9. The van der Waals surface area contributed by atoms with Gasteiger partial charge in [-0.15, -0.1) is 0 Å². The van der Waals surface area contributed by atoms with E-state index in [0.717, 1.165) is 16.7 Å². The Balaban J connectivity index is 2.00. The molecule has 0 saturated heterocycles. The Morgan fingerprint density at radius 1 is 1.43 bits per heavy atom. The summed E-state index contributed by atoms with van der Waals surface area (Å²) in [5.74, 6) is -0.107. The molecule has 0 aliphatic heterocycles. The van der Waals surface area contributed by atoms with E-state index in [1.807, 2.05) is 32.9 Å². The fraction of sp³-hybridized carbons (Fsp3) is 0.375. The van der Waals surface area contributed by atoms with Gasteiger partial charge in [-0.2, -0.15) is 5.10 Å². The van der Waals surface area contributed by atoms with Crippen LogP contribution in [-0.2, 0) is 13.1 Å². The number of nitrogens with one attached hydrogen (secondary N) is 1. The molecule has 3 N–H and O–H groups in total. The van der Waals surface area contributed by atoms with E-state index in [1.54, 1.807) is 17.1 Å². The van der Waals surface area contributed by atoms with Crippen LogP contribution in [0.4, 0.5) is 0 Å². The molecule has 1 aromatic carbocycles. The maximum absolute atomic E-state index is 12.1. The van der Waals surface area contributed by atoms with Crippen LogP contribution in [0.3, 0.4) is 0 Å². The predicted molar refractivity (Wildman–Crippen MR) is 82.9 cm³/mol. The second-order valence-electron chi connectivity index (χ2n) is 5.45. The van der Waals surface area contributed by atoms with Crippen molar-refractivity contribution in [3.8, 4) is 0 Å². The van der Waals surface area contributed by atoms with Gasteiger partial charge in [0.15, 0.2) is 0 Å². The van der Waals surface area contributed by atoms with Crippen molar-refractivity contribution in [1.29, 1.82) is 0 Å². The van der Waals surface area contributed by atoms with Crippen molar-refractivity contribution in [1.82, 2.24) is 15.1 Å². The average molecular weight is 286 g/mol. The number of aryl methyl sites for hydroxylation is 1. The minimum atomic E-state index is -0.107. The fourth-order valence-corrected chi connectivity index (χ4v) is 2.10. The molecule has 1 aromatic heterocycles. The first-order chi connectivity index (χ1) is 10.0. The van der Waals surface area contributed by atoms with Crippen molar-refractivity contribution in [2.75, 3.05) is 0 Å². The number of benzene rings is 1. The van der Waals surface area contributed by atoms with Gasteiger partial charge in [0.05, 0.1) is 11.8 Å². The molecule has 0 aliphatic carbocycles. The largest absolute Gasteiger partial charge is 0.348 e. The van der Waals surface area contributed by atoms with Gasteiger partial charge in [-0.1, -0.05) is 18.2 Å². The third kappa shape index (κ3) is 3.70. The summed E-state index contributed by atoms with van der Waals surface area (Å²) in [5, 5.41) is 7.10. The summed E-state index contributed by atoms with van der Waals surface area (Å²) in [7, 11) is 0. The molecule has 2 rings (SSSR count). The molecule has 21 heavy (non-hydrogen) atoms. The van der Waals surface area contributed by atoms with Crippen molar-refractivity contribution < 1.29 is 4.79 Å². The lowest BCUT2D eigenvalue weighted by Crippen LogP contribution is -2.23. The molecular weight excluding hydrogens is 264 g/mol. The summed E-state index contributed by atoms with van der Waals surface area (Å²) in [6, 6.07) is 6.30. The van der Waals surface area contributed by atoms with Crippen LogP contribution in [0.15, 0.2) is 30.6 Å².